The van der Waals surface area contributed by atoms with E-state index >= 15 is 0 Å². The molecule has 1 N–H and O–H groups in total. The highest BCUT2D eigenvalue weighted by atomic mass is 16.5. The number of anilines is 1. The number of rotatable bonds is 6. The summed E-state index contributed by atoms with van der Waals surface area (Å²) in [5, 5.41) is 3.15. The maximum absolute atomic E-state index is 12.6. The molecule has 6 heteroatoms. The topological polar surface area (TPSA) is 67.3 Å². The van der Waals surface area contributed by atoms with Crippen molar-refractivity contribution in [3.8, 4) is 5.75 Å². The molecule has 0 radical (unpaired) electrons. The van der Waals surface area contributed by atoms with Crippen LogP contribution in [0.5, 0.6) is 5.75 Å². The lowest BCUT2D eigenvalue weighted by Crippen LogP contribution is -2.41. The van der Waals surface area contributed by atoms with Crippen LogP contribution >= 0.6 is 0 Å². The first-order valence-electron chi connectivity index (χ1n) is 9.21. The van der Waals surface area contributed by atoms with Gasteiger partial charge in [0.15, 0.2) is 0 Å². The lowest BCUT2D eigenvalue weighted by molar-refractivity contribution is -0.126. The van der Waals surface area contributed by atoms with Crippen molar-refractivity contribution >= 4 is 11.7 Å². The largest absolute Gasteiger partial charge is 0.494 e. The van der Waals surface area contributed by atoms with Crippen molar-refractivity contribution in [2.24, 2.45) is 5.92 Å². The third kappa shape index (κ3) is 4.50. The molecular weight excluding hydrogens is 328 g/mol. The molecule has 0 bridgehead atoms. The highest BCUT2D eigenvalue weighted by Crippen LogP contribution is 2.23. The predicted molar refractivity (Wildman–Crippen MR) is 101 cm³/mol. The lowest BCUT2D eigenvalue weighted by Gasteiger charge is -2.32. The van der Waals surface area contributed by atoms with Gasteiger partial charge in [0.05, 0.1) is 18.8 Å². The van der Waals surface area contributed by atoms with Crippen LogP contribution in [0.1, 0.15) is 38.3 Å². The first-order chi connectivity index (χ1) is 12.7. The van der Waals surface area contributed by atoms with E-state index in [2.05, 4.69) is 20.2 Å². The van der Waals surface area contributed by atoms with E-state index in [9.17, 15) is 4.79 Å². The van der Waals surface area contributed by atoms with Crippen LogP contribution in [0.4, 0.5) is 5.82 Å². The Hall–Kier alpha value is -2.63. The van der Waals surface area contributed by atoms with Gasteiger partial charge in [0.25, 0.3) is 0 Å². The van der Waals surface area contributed by atoms with E-state index in [1.807, 2.05) is 38.1 Å². The minimum Gasteiger partial charge on any atom is -0.494 e. The molecule has 6 nitrogen and oxygen atoms in total. The molecule has 3 rings (SSSR count). The molecule has 0 spiro atoms. The molecule has 1 aromatic carbocycles. The summed E-state index contributed by atoms with van der Waals surface area (Å²) in [5.74, 6) is 1.92. The molecule has 1 saturated heterocycles. The fourth-order valence-electron chi connectivity index (χ4n) is 3.26. The van der Waals surface area contributed by atoms with Crippen molar-refractivity contribution in [2.75, 3.05) is 24.6 Å². The first kappa shape index (κ1) is 18.2. The number of benzene rings is 1. The zero-order valence-corrected chi connectivity index (χ0v) is 15.4. The van der Waals surface area contributed by atoms with Gasteiger partial charge in [0.1, 0.15) is 11.6 Å². The maximum atomic E-state index is 12.6. The summed E-state index contributed by atoms with van der Waals surface area (Å²) in [4.78, 5) is 23.2. The summed E-state index contributed by atoms with van der Waals surface area (Å²) in [6.07, 6.45) is 6.81. The third-order valence-electron chi connectivity index (χ3n) is 4.79. The summed E-state index contributed by atoms with van der Waals surface area (Å²) in [5.41, 5.74) is 1.08. The number of amides is 1. The second kappa shape index (κ2) is 8.65. The van der Waals surface area contributed by atoms with Gasteiger partial charge in [-0.05, 0) is 44.4 Å². The van der Waals surface area contributed by atoms with E-state index < -0.39 is 0 Å². The Bertz CT molecular complexity index is 698. The Morgan fingerprint density at radius 3 is 2.62 bits per heavy atom. The molecular formula is C20H26N4O2. The second-order valence-electron chi connectivity index (χ2n) is 6.56. The SMILES string of the molecule is CCOc1ccc(C(C)NC(=O)C2CCN(c3cnccn3)CC2)cc1. The van der Waals surface area contributed by atoms with Crippen LogP contribution in [0.2, 0.25) is 0 Å². The molecule has 1 amide bonds. The normalized spacial score (nSPS) is 16.2. The van der Waals surface area contributed by atoms with E-state index in [1.54, 1.807) is 18.6 Å². The quantitative estimate of drug-likeness (QED) is 0.864. The lowest BCUT2D eigenvalue weighted by atomic mass is 9.95. The molecule has 2 aromatic rings. The van der Waals surface area contributed by atoms with Gasteiger partial charge in [-0.15, -0.1) is 0 Å². The molecule has 1 aliphatic rings. The summed E-state index contributed by atoms with van der Waals surface area (Å²) in [7, 11) is 0. The Morgan fingerprint density at radius 1 is 1.27 bits per heavy atom. The van der Waals surface area contributed by atoms with Gasteiger partial charge in [0.2, 0.25) is 5.91 Å². The van der Waals surface area contributed by atoms with Gasteiger partial charge >= 0.3 is 0 Å². The molecule has 1 aromatic heterocycles. The van der Waals surface area contributed by atoms with Crippen LogP contribution in [0, 0.1) is 5.92 Å². The van der Waals surface area contributed by atoms with Crippen molar-refractivity contribution in [2.45, 2.75) is 32.7 Å². The molecule has 1 fully saturated rings. The Balaban J connectivity index is 1.50. The van der Waals surface area contributed by atoms with Crippen LogP contribution in [0.3, 0.4) is 0 Å². The van der Waals surface area contributed by atoms with Crippen molar-refractivity contribution in [1.29, 1.82) is 0 Å². The number of aromatic nitrogens is 2. The number of hydrogen-bond acceptors (Lipinski definition) is 5. The van der Waals surface area contributed by atoms with Crippen molar-refractivity contribution < 1.29 is 9.53 Å². The summed E-state index contributed by atoms with van der Waals surface area (Å²) < 4.78 is 5.46. The predicted octanol–water partition coefficient (Wildman–Crippen LogP) is 2.97. The average molecular weight is 354 g/mol. The van der Waals surface area contributed by atoms with Gasteiger partial charge < -0.3 is 15.0 Å². The van der Waals surface area contributed by atoms with Crippen molar-refractivity contribution in [1.82, 2.24) is 15.3 Å². The number of carbonyl (C=O) groups excluding carboxylic acids is 1. The van der Waals surface area contributed by atoms with Crippen LogP contribution < -0.4 is 15.0 Å². The number of hydrogen-bond donors (Lipinski definition) is 1. The van der Waals surface area contributed by atoms with E-state index in [1.165, 1.54) is 0 Å². The molecule has 0 saturated carbocycles. The monoisotopic (exact) mass is 354 g/mol. The van der Waals surface area contributed by atoms with Crippen molar-refractivity contribution in [3.63, 3.8) is 0 Å². The van der Waals surface area contributed by atoms with E-state index in [-0.39, 0.29) is 17.9 Å². The smallest absolute Gasteiger partial charge is 0.223 e. The number of piperidine rings is 1. The Labute approximate surface area is 154 Å². The average Bonchev–Trinajstić information content (AvgIpc) is 2.69. The Kier molecular flexibility index (Phi) is 6.04. The molecule has 0 aliphatic carbocycles. The van der Waals surface area contributed by atoms with Crippen LogP contribution in [0.15, 0.2) is 42.9 Å². The van der Waals surface area contributed by atoms with Crippen molar-refractivity contribution in [3.05, 3.63) is 48.4 Å². The van der Waals surface area contributed by atoms with Gasteiger partial charge in [-0.25, -0.2) is 4.98 Å². The molecule has 1 aliphatic heterocycles. The standard InChI is InChI=1S/C20H26N4O2/c1-3-26-18-6-4-16(5-7-18)15(2)23-20(25)17-8-12-24(13-9-17)19-14-21-10-11-22-19/h4-7,10-11,14-15,17H,3,8-9,12-13H2,1-2H3,(H,23,25). The van der Waals surface area contributed by atoms with E-state index in [4.69, 9.17) is 4.74 Å². The second-order valence-corrected chi connectivity index (χ2v) is 6.56. The number of carbonyl (C=O) groups is 1. The molecule has 1 atom stereocenters. The fourth-order valence-corrected chi connectivity index (χ4v) is 3.26. The van der Waals surface area contributed by atoms with Gasteiger partial charge in [0, 0.05) is 31.4 Å². The maximum Gasteiger partial charge on any atom is 0.223 e. The van der Waals surface area contributed by atoms with Crippen LogP contribution in [0.25, 0.3) is 0 Å². The zero-order chi connectivity index (χ0) is 18.4. The minimum atomic E-state index is -0.0174. The molecule has 1 unspecified atom stereocenters. The first-order valence-corrected chi connectivity index (χ1v) is 9.21. The van der Waals surface area contributed by atoms with Crippen LogP contribution in [-0.4, -0.2) is 35.6 Å². The summed E-state index contributed by atoms with van der Waals surface area (Å²) >= 11 is 0. The van der Waals surface area contributed by atoms with Gasteiger partial charge in [-0.1, -0.05) is 12.1 Å². The number of nitrogens with zero attached hydrogens (tertiary/aromatic N) is 3. The van der Waals surface area contributed by atoms with E-state index in [0.717, 1.165) is 43.1 Å². The fraction of sp³-hybridized carbons (Fsp3) is 0.450. The Morgan fingerprint density at radius 2 is 2.00 bits per heavy atom. The summed E-state index contributed by atoms with van der Waals surface area (Å²) in [6, 6.07) is 7.89. The molecule has 2 heterocycles. The molecule has 138 valence electrons. The third-order valence-corrected chi connectivity index (χ3v) is 4.79. The van der Waals surface area contributed by atoms with Gasteiger partial charge in [-0.3, -0.25) is 9.78 Å². The van der Waals surface area contributed by atoms with E-state index in [0.29, 0.717) is 6.61 Å². The van der Waals surface area contributed by atoms with Crippen LogP contribution in [-0.2, 0) is 4.79 Å². The summed E-state index contributed by atoms with van der Waals surface area (Å²) in [6.45, 7) is 6.29. The number of ether oxygens (including phenoxy) is 1. The number of nitrogens with one attached hydrogen (secondary N) is 1. The van der Waals surface area contributed by atoms with Gasteiger partial charge in [-0.2, -0.15) is 0 Å². The highest BCUT2D eigenvalue weighted by molar-refractivity contribution is 5.79. The molecule has 26 heavy (non-hydrogen) atoms. The minimum absolute atomic E-state index is 0.0174. The highest BCUT2D eigenvalue weighted by Gasteiger charge is 2.26. The zero-order valence-electron chi connectivity index (χ0n) is 15.4.